The summed E-state index contributed by atoms with van der Waals surface area (Å²) in [6.07, 6.45) is 6.45. The summed E-state index contributed by atoms with van der Waals surface area (Å²) in [6.45, 7) is 16.4. The second-order valence-electron chi connectivity index (χ2n) is 9.07. The number of hydrogen-bond acceptors (Lipinski definition) is 17. The van der Waals surface area contributed by atoms with Crippen LogP contribution in [0.1, 0.15) is 55.9 Å². The maximum absolute atomic E-state index is 10.9. The van der Waals surface area contributed by atoms with Gasteiger partial charge in [-0.3, -0.25) is 0 Å². The molecule has 2 rings (SSSR count). The molecule has 56 heavy (non-hydrogen) atoms. The molecular formula is C35H62Cl3MgNO16. The summed E-state index contributed by atoms with van der Waals surface area (Å²) >= 11 is 14.4. The molecule has 0 amide bonds. The Balaban J connectivity index is -0.0000000840. The number of hydrogen-bond donors (Lipinski definition) is 1. The Kier molecular flexibility index (Phi) is 72.6. The van der Waals surface area contributed by atoms with Crippen LogP contribution in [0.25, 0.3) is 0 Å². The maximum Gasteiger partial charge on any atom is 2.00 e. The molecule has 0 aromatic rings. The maximum atomic E-state index is 10.9. The van der Waals surface area contributed by atoms with Crippen LogP contribution in [-0.2, 0) is 66.7 Å². The Hall–Kier alpha value is -2.36. The number of halogens is 3. The topological polar surface area (TPSA) is 238 Å². The first-order chi connectivity index (χ1) is 25.3. The van der Waals surface area contributed by atoms with E-state index in [0.717, 1.165) is 56.2 Å². The molecule has 2 heterocycles. The monoisotopic (exact) mass is 881 g/mol. The summed E-state index contributed by atoms with van der Waals surface area (Å²) in [5, 5.41) is 21.0. The van der Waals surface area contributed by atoms with Gasteiger partial charge in [-0.2, -0.15) is 0 Å². The van der Waals surface area contributed by atoms with Crippen LogP contribution in [-0.4, -0.2) is 156 Å². The molecule has 0 spiro atoms. The standard InChI is InChI=1S/2C9H14O5.C4H11N.C4H2O3.C3H6O.2C2H5O.CHCl3.CH4.Mg/c2*1-7(12-2)6-14-9(11)5-4-8(10)13-3;1-3-5-4-2;5-3-1-2-4(6)7-3;1-3-2-4-3;2*1-2-3;2-1(3)4;;/h2*4-5,7H,6H2,1-3H3;5H,3-4H2,1-2H3;1-2H;3H,2H2,1H3;2*2H2,1H3;1H;1H4;/q;;;;;2*-1;;;+2/b5-4+;5-4-;;;;;;;;. The van der Waals surface area contributed by atoms with E-state index in [1.165, 1.54) is 28.4 Å². The second-order valence-corrected chi connectivity index (χ2v) is 11.0. The number of carbonyl (C=O) groups excluding carboxylic acids is 6. The van der Waals surface area contributed by atoms with Gasteiger partial charge in [-0.15, -0.1) is 13.2 Å². The minimum atomic E-state index is -0.750. The first-order valence-electron chi connectivity index (χ1n) is 16.1. The third kappa shape index (κ3) is 84.3. The van der Waals surface area contributed by atoms with Gasteiger partial charge in [0.05, 0.1) is 39.1 Å². The summed E-state index contributed by atoms with van der Waals surface area (Å²) in [4.78, 5) is 62.8. The Morgan fingerprint density at radius 1 is 0.750 bits per heavy atom. The molecule has 0 aromatic carbocycles. The number of alkyl halides is 3. The fourth-order valence-corrected chi connectivity index (χ4v) is 1.69. The molecule has 17 nitrogen and oxygen atoms in total. The van der Waals surface area contributed by atoms with Crippen molar-refractivity contribution in [2.75, 3.05) is 74.6 Å². The van der Waals surface area contributed by atoms with Crippen molar-refractivity contribution in [3.8, 4) is 0 Å². The second kappa shape index (κ2) is 57.0. The van der Waals surface area contributed by atoms with E-state index in [9.17, 15) is 28.8 Å². The van der Waals surface area contributed by atoms with Crippen LogP contribution in [0, 0.1) is 0 Å². The summed E-state index contributed by atoms with van der Waals surface area (Å²) in [6, 6.07) is 0. The van der Waals surface area contributed by atoms with E-state index >= 15 is 0 Å². The van der Waals surface area contributed by atoms with Gasteiger partial charge in [-0.05, 0) is 33.9 Å². The first kappa shape index (κ1) is 71.4. The smallest absolute Gasteiger partial charge is 0.855 e. The van der Waals surface area contributed by atoms with E-state index in [1.54, 1.807) is 27.7 Å². The number of epoxide rings is 1. The molecule has 3 unspecified atom stereocenters. The molecule has 2 aliphatic heterocycles. The largest absolute Gasteiger partial charge is 2.00 e. The zero-order valence-corrected chi connectivity index (χ0v) is 37.3. The third-order valence-corrected chi connectivity index (χ3v) is 4.40. The van der Waals surface area contributed by atoms with E-state index in [-0.39, 0.29) is 69.1 Å². The summed E-state index contributed by atoms with van der Waals surface area (Å²) < 4.78 is 35.7. The molecule has 21 heteroatoms. The Labute approximate surface area is 363 Å². The zero-order valence-electron chi connectivity index (χ0n) is 33.6. The van der Waals surface area contributed by atoms with Crippen LogP contribution in [0.5, 0.6) is 0 Å². The summed E-state index contributed by atoms with van der Waals surface area (Å²) in [7, 11) is 5.49. The van der Waals surface area contributed by atoms with Gasteiger partial charge in [-0.25, -0.2) is 28.8 Å². The van der Waals surface area contributed by atoms with Crippen LogP contribution in [0.15, 0.2) is 36.5 Å². The van der Waals surface area contributed by atoms with Crippen molar-refractivity contribution < 1.29 is 76.9 Å². The van der Waals surface area contributed by atoms with E-state index in [0.29, 0.717) is 6.10 Å². The molecule has 0 saturated carbocycles. The summed E-state index contributed by atoms with van der Waals surface area (Å²) in [5.41, 5.74) is 0. The van der Waals surface area contributed by atoms with Gasteiger partial charge in [0.2, 0.25) is 0 Å². The molecule has 2 aliphatic rings. The number of ether oxygens (including phenoxy) is 8. The Morgan fingerprint density at radius 3 is 1.14 bits per heavy atom. The molecule has 1 fully saturated rings. The van der Waals surface area contributed by atoms with Crippen molar-refractivity contribution in [2.24, 2.45) is 0 Å². The minimum absolute atomic E-state index is 0. The molecule has 1 saturated heterocycles. The number of methoxy groups -OCH3 is 4. The SMILES string of the molecule is C.CC1CO1.CCNCC.CC[O-].CC[O-].COC(=O)/C=C/C(=O)OCC(C)OC.COC(=O)/C=C\C(=O)OCC(C)OC.ClC(Cl)Cl.O=C1C=CC(=O)O1.[Mg+2]. The molecule has 0 bridgehead atoms. The first-order valence-corrected chi connectivity index (χ1v) is 17.4. The number of esters is 6. The van der Waals surface area contributed by atoms with Crippen molar-refractivity contribution >= 4 is 93.7 Å². The van der Waals surface area contributed by atoms with Crippen molar-refractivity contribution in [3.05, 3.63) is 36.5 Å². The van der Waals surface area contributed by atoms with Gasteiger partial charge < -0.3 is 53.4 Å². The average molecular weight is 884 g/mol. The molecular weight excluding hydrogens is 821 g/mol. The minimum Gasteiger partial charge on any atom is -0.855 e. The predicted molar refractivity (Wildman–Crippen MR) is 212 cm³/mol. The van der Waals surface area contributed by atoms with Crippen molar-refractivity contribution in [2.45, 2.75) is 78.5 Å². The third-order valence-electron chi connectivity index (χ3n) is 4.40. The van der Waals surface area contributed by atoms with Crippen LogP contribution in [0.2, 0.25) is 0 Å². The van der Waals surface area contributed by atoms with Gasteiger partial charge in [0, 0.05) is 50.7 Å². The van der Waals surface area contributed by atoms with Gasteiger partial charge in [0.15, 0.2) is 4.30 Å². The van der Waals surface area contributed by atoms with Crippen molar-refractivity contribution in [1.82, 2.24) is 5.32 Å². The van der Waals surface area contributed by atoms with Gasteiger partial charge in [0.1, 0.15) is 13.2 Å². The van der Waals surface area contributed by atoms with Crippen LogP contribution in [0.3, 0.4) is 0 Å². The molecule has 0 aromatic heterocycles. The van der Waals surface area contributed by atoms with Gasteiger partial charge >= 0.3 is 58.9 Å². The summed E-state index contributed by atoms with van der Waals surface area (Å²) in [5.74, 6) is -3.54. The van der Waals surface area contributed by atoms with E-state index in [1.807, 2.05) is 0 Å². The van der Waals surface area contributed by atoms with E-state index in [2.05, 4.69) is 40.3 Å². The van der Waals surface area contributed by atoms with Crippen LogP contribution >= 0.6 is 34.8 Å². The fraction of sp³-hybridized carbons (Fsp3) is 0.657. The van der Waals surface area contributed by atoms with E-state index < -0.39 is 40.1 Å². The number of cyclic esters (lactones) is 2. The van der Waals surface area contributed by atoms with Gasteiger partial charge in [0.25, 0.3) is 0 Å². The molecule has 0 radical (unpaired) electrons. The molecule has 326 valence electrons. The predicted octanol–water partition coefficient (Wildman–Crippen LogP) is 2.21. The quantitative estimate of drug-likeness (QED) is 0.0562. The molecule has 1 N–H and O–H groups in total. The van der Waals surface area contributed by atoms with Crippen molar-refractivity contribution in [1.29, 1.82) is 0 Å². The number of nitrogens with one attached hydrogen (secondary N) is 1. The fourth-order valence-electron chi connectivity index (χ4n) is 1.69. The Bertz CT molecular complexity index is 960. The normalized spacial score (nSPS) is 13.3. The number of carbonyl (C=O) groups is 6. The van der Waals surface area contributed by atoms with E-state index in [4.69, 9.17) is 68.7 Å². The number of rotatable bonds is 12. The zero-order chi connectivity index (χ0) is 43.3. The van der Waals surface area contributed by atoms with Gasteiger partial charge in [-0.1, -0.05) is 69.9 Å². The average Bonchev–Trinajstić information content (AvgIpc) is 3.83. The van der Waals surface area contributed by atoms with Crippen LogP contribution in [0.4, 0.5) is 0 Å². The molecule has 0 aliphatic carbocycles. The van der Waals surface area contributed by atoms with Crippen molar-refractivity contribution in [3.63, 3.8) is 0 Å². The Morgan fingerprint density at radius 2 is 1.00 bits per heavy atom. The molecule has 3 atom stereocenters. The van der Waals surface area contributed by atoms with Crippen LogP contribution < -0.4 is 15.5 Å².